The zero-order valence-electron chi connectivity index (χ0n) is 24.5. The van der Waals surface area contributed by atoms with Gasteiger partial charge in [0.15, 0.2) is 11.6 Å². The molecule has 4 N–H and O–H groups in total. The quantitative estimate of drug-likeness (QED) is 0.141. The van der Waals surface area contributed by atoms with Gasteiger partial charge in [0, 0.05) is 10.4 Å². The lowest BCUT2D eigenvalue weighted by Crippen LogP contribution is -2.09. The van der Waals surface area contributed by atoms with E-state index in [0.717, 1.165) is 27.4 Å². The van der Waals surface area contributed by atoms with Gasteiger partial charge in [0.25, 0.3) is 20.2 Å². The maximum Gasteiger partial charge on any atom is 0.294 e. The van der Waals surface area contributed by atoms with Crippen LogP contribution < -0.4 is 5.73 Å². The summed E-state index contributed by atoms with van der Waals surface area (Å²) in [5.41, 5.74) is 8.70. The smallest absolute Gasteiger partial charge is 0.294 e. The third-order valence-corrected chi connectivity index (χ3v) is 9.48. The Morgan fingerprint density at radius 2 is 1.38 bits per heavy atom. The third kappa shape index (κ3) is 9.86. The van der Waals surface area contributed by atoms with Crippen molar-refractivity contribution in [3.8, 4) is 5.00 Å². The van der Waals surface area contributed by atoms with Crippen molar-refractivity contribution in [2.45, 2.75) is 43.5 Å². The molecule has 0 spiro atoms. The van der Waals surface area contributed by atoms with Gasteiger partial charge in [-0.25, -0.2) is 0 Å². The van der Waals surface area contributed by atoms with Gasteiger partial charge in [0.1, 0.15) is 11.3 Å². The minimum atomic E-state index is -4.02. The molecule has 0 aliphatic heterocycles. The summed E-state index contributed by atoms with van der Waals surface area (Å²) in [4.78, 5) is 13.9. The van der Waals surface area contributed by atoms with Crippen LogP contribution >= 0.6 is 22.9 Å². The molecule has 2 heterocycles. The van der Waals surface area contributed by atoms with Crippen molar-refractivity contribution in [3.63, 3.8) is 0 Å². The maximum absolute atomic E-state index is 12.9. The van der Waals surface area contributed by atoms with E-state index in [9.17, 15) is 21.6 Å². The van der Waals surface area contributed by atoms with Crippen molar-refractivity contribution in [2.75, 3.05) is 0 Å². The second kappa shape index (κ2) is 15.5. The molecule has 11 nitrogen and oxygen atoms in total. The van der Waals surface area contributed by atoms with Gasteiger partial charge in [0.2, 0.25) is 0 Å². The fourth-order valence-corrected chi connectivity index (χ4v) is 5.99. The Labute approximate surface area is 270 Å². The number of carbonyl (C=O) groups excluding carboxylic acids is 1. The van der Waals surface area contributed by atoms with Crippen molar-refractivity contribution in [2.24, 2.45) is 5.73 Å². The highest BCUT2D eigenvalue weighted by molar-refractivity contribution is 7.86. The summed E-state index contributed by atoms with van der Waals surface area (Å²) in [6, 6.07) is 20.9. The van der Waals surface area contributed by atoms with Crippen LogP contribution in [0.25, 0.3) is 5.00 Å². The molecule has 45 heavy (non-hydrogen) atoms. The molecule has 5 rings (SSSR count). The van der Waals surface area contributed by atoms with Gasteiger partial charge < -0.3 is 5.73 Å². The predicted molar refractivity (Wildman–Crippen MR) is 173 cm³/mol. The van der Waals surface area contributed by atoms with Crippen molar-refractivity contribution >= 4 is 49.0 Å². The number of hydrogen-bond donors (Lipinski definition) is 3. The van der Waals surface area contributed by atoms with Crippen molar-refractivity contribution in [1.82, 2.24) is 14.8 Å². The molecule has 0 radical (unpaired) electrons. The minimum absolute atomic E-state index is 0.0666. The first-order chi connectivity index (χ1) is 21.1. The van der Waals surface area contributed by atoms with E-state index >= 15 is 0 Å². The highest BCUT2D eigenvalue weighted by Gasteiger charge is 2.22. The van der Waals surface area contributed by atoms with Crippen LogP contribution in [-0.2, 0) is 33.2 Å². The molecule has 0 aliphatic rings. The topological polar surface area (TPSA) is 183 Å². The first-order valence-electron chi connectivity index (χ1n) is 13.2. The Balaban J connectivity index is 0.000000210. The van der Waals surface area contributed by atoms with Gasteiger partial charge in [0.05, 0.1) is 26.9 Å². The standard InChI is InChI=1S/C16H15ClN4OS.2C7H8O3S/c1-2-10-7-12(15(22)11-5-3-4-6-13(11)17)16(23-10)21-9-19-20-14(21)8-18;2*1-6-2-4-7(5-3-6)11(8,9)10/h3-7,9H,2,8,18H2,1H3;2*2-5H,1H3,(H,8,9,10). The van der Waals surface area contributed by atoms with Gasteiger partial charge in [-0.1, -0.05) is 66.0 Å². The Morgan fingerprint density at radius 3 is 1.82 bits per heavy atom. The second-order valence-electron chi connectivity index (χ2n) is 9.49. The van der Waals surface area contributed by atoms with E-state index in [1.807, 2.05) is 19.9 Å². The summed E-state index contributed by atoms with van der Waals surface area (Å²) in [6.45, 7) is 5.98. The number of thiophene rings is 1. The maximum atomic E-state index is 12.9. The van der Waals surface area contributed by atoms with Crippen LogP contribution in [0.4, 0.5) is 0 Å². The summed E-state index contributed by atoms with van der Waals surface area (Å²) in [6.07, 6.45) is 2.42. The summed E-state index contributed by atoms with van der Waals surface area (Å²) in [5.74, 6) is 0.501. The highest BCUT2D eigenvalue weighted by atomic mass is 35.5. The van der Waals surface area contributed by atoms with Crippen molar-refractivity contribution in [1.29, 1.82) is 0 Å². The second-order valence-corrected chi connectivity index (χ2v) is 13.9. The molecule has 238 valence electrons. The molecule has 0 unspecified atom stereocenters. The molecule has 0 atom stereocenters. The van der Waals surface area contributed by atoms with E-state index in [-0.39, 0.29) is 22.1 Å². The summed E-state index contributed by atoms with van der Waals surface area (Å²) >= 11 is 7.72. The van der Waals surface area contributed by atoms with E-state index in [1.165, 1.54) is 35.6 Å². The van der Waals surface area contributed by atoms with Gasteiger partial charge in [-0.3, -0.25) is 18.5 Å². The van der Waals surface area contributed by atoms with Gasteiger partial charge in [-0.05, 0) is 62.7 Å². The zero-order valence-corrected chi connectivity index (χ0v) is 27.7. The number of hydrogen-bond acceptors (Lipinski definition) is 9. The van der Waals surface area contributed by atoms with E-state index in [4.69, 9.17) is 26.4 Å². The number of carbonyl (C=O) groups is 1. The highest BCUT2D eigenvalue weighted by Crippen LogP contribution is 2.31. The van der Waals surface area contributed by atoms with Gasteiger partial charge in [-0.15, -0.1) is 21.5 Å². The number of halogens is 1. The fraction of sp³-hybridized carbons (Fsp3) is 0.167. The molecule has 2 aromatic heterocycles. The number of rotatable bonds is 7. The van der Waals surface area contributed by atoms with Crippen LogP contribution in [0.2, 0.25) is 5.02 Å². The lowest BCUT2D eigenvalue weighted by molar-refractivity contribution is 0.103. The van der Waals surface area contributed by atoms with Crippen LogP contribution in [0.5, 0.6) is 0 Å². The molecule has 3 aromatic carbocycles. The van der Waals surface area contributed by atoms with Gasteiger partial charge >= 0.3 is 0 Å². The Bertz CT molecular complexity index is 1900. The van der Waals surface area contributed by atoms with Crippen LogP contribution in [0.1, 0.15) is 44.7 Å². The van der Waals surface area contributed by atoms with Crippen molar-refractivity contribution in [3.05, 3.63) is 123 Å². The molecule has 0 fully saturated rings. The van der Waals surface area contributed by atoms with Crippen LogP contribution in [0.15, 0.2) is 95.0 Å². The average Bonchev–Trinajstić information content (AvgIpc) is 3.64. The van der Waals surface area contributed by atoms with E-state index in [0.29, 0.717) is 22.0 Å². The minimum Gasteiger partial charge on any atom is -0.324 e. The van der Waals surface area contributed by atoms with Crippen LogP contribution in [0, 0.1) is 13.8 Å². The van der Waals surface area contributed by atoms with Gasteiger partial charge in [-0.2, -0.15) is 16.8 Å². The number of ketones is 1. The Hall–Kier alpha value is -3.76. The number of aryl methyl sites for hydroxylation is 3. The van der Waals surface area contributed by atoms with Crippen LogP contribution in [0.3, 0.4) is 0 Å². The first kappa shape index (κ1) is 35.7. The number of nitrogens with two attached hydrogens (primary N) is 1. The number of benzene rings is 3. The molecule has 0 amide bonds. The molecule has 0 saturated carbocycles. The molecule has 15 heteroatoms. The van der Waals surface area contributed by atoms with E-state index < -0.39 is 20.2 Å². The number of nitrogens with zero attached hydrogens (tertiary/aromatic N) is 3. The lowest BCUT2D eigenvalue weighted by Gasteiger charge is -2.07. The molecular formula is C30H31ClN4O7S3. The molecule has 0 aliphatic carbocycles. The molecule has 0 saturated heterocycles. The molecule has 0 bridgehead atoms. The number of aromatic nitrogens is 3. The Morgan fingerprint density at radius 1 is 0.867 bits per heavy atom. The third-order valence-electron chi connectivity index (χ3n) is 6.13. The normalized spacial score (nSPS) is 11.2. The zero-order chi connectivity index (χ0) is 33.4. The predicted octanol–water partition coefficient (Wildman–Crippen LogP) is 5.72. The summed E-state index contributed by atoms with van der Waals surface area (Å²) < 4.78 is 60.9. The Kier molecular flexibility index (Phi) is 12.3. The monoisotopic (exact) mass is 690 g/mol. The first-order valence-corrected chi connectivity index (χ1v) is 17.3. The van der Waals surface area contributed by atoms with E-state index in [1.54, 1.807) is 59.4 Å². The summed E-state index contributed by atoms with van der Waals surface area (Å²) in [7, 11) is -8.04. The molecule has 5 aromatic rings. The lowest BCUT2D eigenvalue weighted by atomic mass is 10.0. The van der Waals surface area contributed by atoms with Crippen LogP contribution in [-0.4, -0.2) is 46.5 Å². The van der Waals surface area contributed by atoms with Crippen molar-refractivity contribution < 1.29 is 30.7 Å². The summed E-state index contributed by atoms with van der Waals surface area (Å²) in [5, 5.41) is 9.11. The largest absolute Gasteiger partial charge is 0.324 e. The average molecular weight is 691 g/mol. The molecular weight excluding hydrogens is 660 g/mol. The SMILES string of the molecule is CCc1cc(C(=O)c2ccccc2Cl)c(-n2cnnc2CN)s1.Cc1ccc(S(=O)(=O)O)cc1.Cc1ccc(S(=O)(=O)O)cc1. The fourth-order valence-electron chi connectivity index (χ4n) is 3.73. The van der Waals surface area contributed by atoms with E-state index in [2.05, 4.69) is 17.1 Å².